The molecule has 0 saturated carbocycles. The lowest BCUT2D eigenvalue weighted by molar-refractivity contribution is 0.592. The standard InChI is InChI=1S/C23H26ClN7O/c1-3-5-14-30-21(24)19(7-4-2)31(23(30)32)15-16-9-11-17(12-10-16)20-18(8-6-13-25-20)22-26-28-29-27-22/h6,8-13H,3-5,7,14-15H2,1-2H3,(H,26,27,28,29). The summed E-state index contributed by atoms with van der Waals surface area (Å²) in [5, 5.41) is 14.8. The van der Waals surface area contributed by atoms with Gasteiger partial charge < -0.3 is 0 Å². The molecule has 0 aliphatic carbocycles. The zero-order valence-electron chi connectivity index (χ0n) is 18.3. The van der Waals surface area contributed by atoms with E-state index in [2.05, 4.69) is 39.5 Å². The lowest BCUT2D eigenvalue weighted by Crippen LogP contribution is -2.25. The van der Waals surface area contributed by atoms with Gasteiger partial charge in [-0.1, -0.05) is 62.6 Å². The van der Waals surface area contributed by atoms with Gasteiger partial charge in [-0.15, -0.1) is 10.2 Å². The maximum absolute atomic E-state index is 13.1. The van der Waals surface area contributed by atoms with Gasteiger partial charge >= 0.3 is 5.69 Å². The molecule has 3 aromatic heterocycles. The highest BCUT2D eigenvalue weighted by Gasteiger charge is 2.18. The van der Waals surface area contributed by atoms with Gasteiger partial charge in [-0.2, -0.15) is 5.21 Å². The summed E-state index contributed by atoms with van der Waals surface area (Å²) in [6, 6.07) is 11.8. The van der Waals surface area contributed by atoms with Gasteiger partial charge in [-0.3, -0.25) is 14.1 Å². The van der Waals surface area contributed by atoms with Gasteiger partial charge in [0.25, 0.3) is 0 Å². The zero-order valence-corrected chi connectivity index (χ0v) is 19.0. The van der Waals surface area contributed by atoms with Crippen molar-refractivity contribution in [3.8, 4) is 22.6 Å². The number of nitrogens with zero attached hydrogens (tertiary/aromatic N) is 6. The molecule has 32 heavy (non-hydrogen) atoms. The lowest BCUT2D eigenvalue weighted by Gasteiger charge is -2.09. The molecule has 0 fully saturated rings. The Hall–Kier alpha value is -3.26. The number of aromatic nitrogens is 7. The number of rotatable bonds is 9. The van der Waals surface area contributed by atoms with Crippen molar-refractivity contribution in [1.29, 1.82) is 0 Å². The number of imidazole rings is 1. The first-order chi connectivity index (χ1) is 15.6. The van der Waals surface area contributed by atoms with Gasteiger partial charge in [0.2, 0.25) is 5.82 Å². The van der Waals surface area contributed by atoms with E-state index < -0.39 is 0 Å². The number of unbranched alkanes of at least 4 members (excludes halogenated alkanes) is 1. The SMILES string of the molecule is CCCCn1c(Cl)c(CCC)n(Cc2ccc(-c3ncccc3-c3nn[nH]n3)cc2)c1=O. The van der Waals surface area contributed by atoms with Crippen LogP contribution >= 0.6 is 11.6 Å². The molecule has 0 bridgehead atoms. The lowest BCUT2D eigenvalue weighted by atomic mass is 10.0. The van der Waals surface area contributed by atoms with Crippen molar-refractivity contribution in [3.63, 3.8) is 0 Å². The summed E-state index contributed by atoms with van der Waals surface area (Å²) in [6.07, 6.45) is 5.38. The fourth-order valence-corrected chi connectivity index (χ4v) is 4.16. The van der Waals surface area contributed by atoms with Crippen molar-refractivity contribution >= 4 is 11.6 Å². The largest absolute Gasteiger partial charge is 0.329 e. The first-order valence-corrected chi connectivity index (χ1v) is 11.3. The van der Waals surface area contributed by atoms with Gasteiger partial charge in [-0.25, -0.2) is 4.79 Å². The molecule has 0 aliphatic heterocycles. The fourth-order valence-electron chi connectivity index (χ4n) is 3.80. The maximum Gasteiger partial charge on any atom is 0.329 e. The summed E-state index contributed by atoms with van der Waals surface area (Å²) in [5.74, 6) is 0.496. The molecule has 0 saturated heterocycles. The molecule has 3 heterocycles. The van der Waals surface area contributed by atoms with Crippen molar-refractivity contribution in [2.75, 3.05) is 0 Å². The normalized spacial score (nSPS) is 11.2. The molecule has 0 aliphatic rings. The Bertz CT molecular complexity index is 1230. The van der Waals surface area contributed by atoms with Crippen LogP contribution in [0.15, 0.2) is 47.4 Å². The minimum Gasteiger partial charge on any atom is -0.290 e. The third-order valence-electron chi connectivity index (χ3n) is 5.45. The quantitative estimate of drug-likeness (QED) is 0.408. The highest BCUT2D eigenvalue weighted by atomic mass is 35.5. The van der Waals surface area contributed by atoms with Crippen molar-refractivity contribution in [2.45, 2.75) is 52.6 Å². The average Bonchev–Trinajstić information content (AvgIpc) is 3.43. The second-order valence-corrected chi connectivity index (χ2v) is 8.05. The summed E-state index contributed by atoms with van der Waals surface area (Å²) in [7, 11) is 0. The van der Waals surface area contributed by atoms with Gasteiger partial charge in [-0.05, 0) is 35.8 Å². The van der Waals surface area contributed by atoms with Gasteiger partial charge in [0.1, 0.15) is 5.15 Å². The fraction of sp³-hybridized carbons (Fsp3) is 0.348. The molecule has 1 aromatic carbocycles. The molecule has 0 radical (unpaired) electrons. The minimum absolute atomic E-state index is 0.0416. The monoisotopic (exact) mass is 451 g/mol. The molecule has 0 spiro atoms. The molecule has 1 N–H and O–H groups in total. The predicted molar refractivity (Wildman–Crippen MR) is 125 cm³/mol. The van der Waals surface area contributed by atoms with E-state index in [4.69, 9.17) is 11.6 Å². The van der Waals surface area contributed by atoms with Crippen LogP contribution in [0, 0.1) is 0 Å². The van der Waals surface area contributed by atoms with E-state index in [-0.39, 0.29) is 5.69 Å². The van der Waals surface area contributed by atoms with Crippen LogP contribution in [0.2, 0.25) is 5.15 Å². The number of pyridine rings is 1. The number of hydrogen-bond donors (Lipinski definition) is 1. The second-order valence-electron chi connectivity index (χ2n) is 7.69. The predicted octanol–water partition coefficient (Wildman–Crippen LogP) is 4.35. The highest BCUT2D eigenvalue weighted by molar-refractivity contribution is 6.30. The van der Waals surface area contributed by atoms with Gasteiger partial charge in [0.15, 0.2) is 0 Å². The van der Waals surface area contributed by atoms with E-state index in [0.717, 1.165) is 53.8 Å². The topological polar surface area (TPSA) is 94.3 Å². The summed E-state index contributed by atoms with van der Waals surface area (Å²) in [6.45, 7) is 5.33. The van der Waals surface area contributed by atoms with Crippen LogP contribution in [-0.2, 0) is 19.5 Å². The highest BCUT2D eigenvalue weighted by Crippen LogP contribution is 2.28. The van der Waals surface area contributed by atoms with Crippen LogP contribution in [0.4, 0.5) is 0 Å². The number of benzene rings is 1. The number of halogens is 1. The molecule has 0 amide bonds. The molecule has 9 heteroatoms. The number of tetrazole rings is 1. The van der Waals surface area contributed by atoms with E-state index in [9.17, 15) is 4.79 Å². The van der Waals surface area contributed by atoms with Crippen LogP contribution < -0.4 is 5.69 Å². The van der Waals surface area contributed by atoms with Crippen LogP contribution in [0.3, 0.4) is 0 Å². The van der Waals surface area contributed by atoms with E-state index in [1.165, 1.54) is 0 Å². The Morgan fingerprint density at radius 2 is 1.88 bits per heavy atom. The third-order valence-corrected chi connectivity index (χ3v) is 5.87. The van der Waals surface area contributed by atoms with Crippen molar-refractivity contribution in [2.24, 2.45) is 0 Å². The summed E-state index contributed by atoms with van der Waals surface area (Å²) in [4.78, 5) is 17.6. The first kappa shape index (κ1) is 22.0. The Labute approximate surface area is 191 Å². The summed E-state index contributed by atoms with van der Waals surface area (Å²) < 4.78 is 3.51. The van der Waals surface area contributed by atoms with Crippen LogP contribution in [0.25, 0.3) is 22.6 Å². The Kier molecular flexibility index (Phi) is 6.80. The Balaban J connectivity index is 1.64. The summed E-state index contributed by atoms with van der Waals surface area (Å²) in [5.41, 5.74) is 4.40. The molecule has 4 aromatic rings. The average molecular weight is 452 g/mol. The third kappa shape index (κ3) is 4.36. The van der Waals surface area contributed by atoms with E-state index in [0.29, 0.717) is 24.1 Å². The van der Waals surface area contributed by atoms with E-state index >= 15 is 0 Å². The first-order valence-electron chi connectivity index (χ1n) is 10.9. The number of aromatic amines is 1. The number of nitrogens with one attached hydrogen (secondary N) is 1. The molecular formula is C23H26ClN7O. The van der Waals surface area contributed by atoms with Crippen LogP contribution in [-0.4, -0.2) is 34.7 Å². The number of H-pyrrole nitrogens is 1. The maximum atomic E-state index is 13.1. The van der Waals surface area contributed by atoms with Crippen LogP contribution in [0.5, 0.6) is 0 Å². The minimum atomic E-state index is -0.0416. The Morgan fingerprint density at radius 1 is 1.06 bits per heavy atom. The van der Waals surface area contributed by atoms with E-state index in [1.54, 1.807) is 10.8 Å². The van der Waals surface area contributed by atoms with Gasteiger partial charge in [0.05, 0.1) is 17.9 Å². The second kappa shape index (κ2) is 9.91. The van der Waals surface area contributed by atoms with Crippen molar-refractivity contribution < 1.29 is 0 Å². The zero-order chi connectivity index (χ0) is 22.5. The van der Waals surface area contributed by atoms with E-state index in [1.807, 2.05) is 41.0 Å². The molecule has 0 unspecified atom stereocenters. The molecule has 4 rings (SSSR count). The molecule has 0 atom stereocenters. The number of hydrogen-bond acceptors (Lipinski definition) is 5. The Morgan fingerprint density at radius 3 is 2.56 bits per heavy atom. The molecular weight excluding hydrogens is 426 g/mol. The van der Waals surface area contributed by atoms with Gasteiger partial charge in [0, 0.05) is 23.9 Å². The summed E-state index contributed by atoms with van der Waals surface area (Å²) >= 11 is 6.60. The van der Waals surface area contributed by atoms with Crippen molar-refractivity contribution in [1.82, 2.24) is 34.7 Å². The van der Waals surface area contributed by atoms with Crippen LogP contribution in [0.1, 0.15) is 44.4 Å². The molecule has 8 nitrogen and oxygen atoms in total. The molecule has 166 valence electrons. The smallest absolute Gasteiger partial charge is 0.290 e. The van der Waals surface area contributed by atoms with Crippen molar-refractivity contribution in [3.05, 3.63) is 69.5 Å².